The molecule has 6 nitrogen and oxygen atoms in total. The lowest BCUT2D eigenvalue weighted by atomic mass is 10.2. The third-order valence-corrected chi connectivity index (χ3v) is 3.05. The third-order valence-electron chi connectivity index (χ3n) is 2.46. The van der Waals surface area contributed by atoms with Gasteiger partial charge < -0.3 is 5.32 Å². The minimum atomic E-state index is -3.28. The number of para-hydroxylation sites is 2. The smallest absolute Gasteiger partial charge is 0.229 e. The Bertz CT molecular complexity index is 664. The van der Waals surface area contributed by atoms with Gasteiger partial charge in [-0.2, -0.15) is 5.10 Å². The summed E-state index contributed by atoms with van der Waals surface area (Å²) in [4.78, 5) is 0. The van der Waals surface area contributed by atoms with Gasteiger partial charge in [-0.3, -0.25) is 9.40 Å². The molecule has 0 atom stereocenters. The molecule has 1 aromatic carbocycles. The molecule has 0 fully saturated rings. The summed E-state index contributed by atoms with van der Waals surface area (Å²) >= 11 is 0. The molecular formula is C12H16N4O2S. The van der Waals surface area contributed by atoms with E-state index in [1.807, 2.05) is 25.4 Å². The van der Waals surface area contributed by atoms with E-state index in [1.54, 1.807) is 23.0 Å². The average Bonchev–Trinajstić information content (AvgIpc) is 2.72. The Labute approximate surface area is 112 Å². The molecular weight excluding hydrogens is 264 g/mol. The van der Waals surface area contributed by atoms with Crippen molar-refractivity contribution in [2.45, 2.75) is 6.54 Å². The SMILES string of the molecule is Cn1cc(CNc2ccccc2NS(C)(=O)=O)cn1. The van der Waals surface area contributed by atoms with Crippen molar-refractivity contribution >= 4 is 21.4 Å². The molecule has 1 aromatic heterocycles. The quantitative estimate of drug-likeness (QED) is 0.868. The minimum absolute atomic E-state index is 0.536. The first kappa shape index (κ1) is 13.4. The molecule has 0 radical (unpaired) electrons. The first-order chi connectivity index (χ1) is 8.94. The van der Waals surface area contributed by atoms with E-state index in [-0.39, 0.29) is 0 Å². The van der Waals surface area contributed by atoms with Crippen LogP contribution in [0.1, 0.15) is 5.56 Å². The number of aromatic nitrogens is 2. The van der Waals surface area contributed by atoms with Crippen LogP contribution in [0, 0.1) is 0 Å². The monoisotopic (exact) mass is 280 g/mol. The van der Waals surface area contributed by atoms with Gasteiger partial charge in [-0.25, -0.2) is 8.42 Å². The van der Waals surface area contributed by atoms with Crippen molar-refractivity contribution in [3.63, 3.8) is 0 Å². The van der Waals surface area contributed by atoms with E-state index in [0.717, 1.165) is 17.5 Å². The van der Waals surface area contributed by atoms with Crippen LogP contribution in [0.2, 0.25) is 0 Å². The lowest BCUT2D eigenvalue weighted by Gasteiger charge is -2.11. The number of nitrogens with zero attached hydrogens (tertiary/aromatic N) is 2. The first-order valence-corrected chi connectivity index (χ1v) is 7.61. The normalized spacial score (nSPS) is 11.3. The second-order valence-electron chi connectivity index (χ2n) is 4.30. The van der Waals surface area contributed by atoms with Gasteiger partial charge in [0.1, 0.15) is 0 Å². The summed E-state index contributed by atoms with van der Waals surface area (Å²) in [6, 6.07) is 7.16. The fraction of sp³-hybridized carbons (Fsp3) is 0.250. The van der Waals surface area contributed by atoms with E-state index in [9.17, 15) is 8.42 Å². The molecule has 19 heavy (non-hydrogen) atoms. The summed E-state index contributed by atoms with van der Waals surface area (Å²) < 4.78 is 26.8. The molecule has 0 aliphatic carbocycles. The van der Waals surface area contributed by atoms with Gasteiger partial charge in [0.15, 0.2) is 0 Å². The summed E-state index contributed by atoms with van der Waals surface area (Å²) in [5, 5.41) is 7.26. The first-order valence-electron chi connectivity index (χ1n) is 5.72. The Balaban J connectivity index is 2.11. The van der Waals surface area contributed by atoms with E-state index < -0.39 is 10.0 Å². The topological polar surface area (TPSA) is 76.0 Å². The molecule has 0 saturated heterocycles. The molecule has 2 aromatic rings. The zero-order chi connectivity index (χ0) is 13.9. The number of sulfonamides is 1. The molecule has 0 aliphatic rings. The van der Waals surface area contributed by atoms with E-state index >= 15 is 0 Å². The lowest BCUT2D eigenvalue weighted by Crippen LogP contribution is -2.11. The van der Waals surface area contributed by atoms with Gasteiger partial charge in [0.05, 0.1) is 23.8 Å². The van der Waals surface area contributed by atoms with Crippen molar-refractivity contribution in [1.29, 1.82) is 0 Å². The van der Waals surface area contributed by atoms with Crippen molar-refractivity contribution < 1.29 is 8.42 Å². The number of rotatable bonds is 5. The van der Waals surface area contributed by atoms with Crippen molar-refractivity contribution in [3.8, 4) is 0 Å². The molecule has 0 saturated carbocycles. The van der Waals surface area contributed by atoms with E-state index in [4.69, 9.17) is 0 Å². The molecule has 0 unspecified atom stereocenters. The molecule has 0 bridgehead atoms. The zero-order valence-corrected chi connectivity index (χ0v) is 11.6. The maximum Gasteiger partial charge on any atom is 0.229 e. The van der Waals surface area contributed by atoms with Crippen LogP contribution in [0.15, 0.2) is 36.7 Å². The summed E-state index contributed by atoms with van der Waals surface area (Å²) in [5.74, 6) is 0. The molecule has 0 amide bonds. The van der Waals surface area contributed by atoms with Crippen molar-refractivity contribution in [3.05, 3.63) is 42.2 Å². The molecule has 102 valence electrons. The second kappa shape index (κ2) is 5.31. The van der Waals surface area contributed by atoms with Gasteiger partial charge in [0.2, 0.25) is 10.0 Å². The highest BCUT2D eigenvalue weighted by molar-refractivity contribution is 7.92. The molecule has 2 N–H and O–H groups in total. The minimum Gasteiger partial charge on any atom is -0.379 e. The number of anilines is 2. The molecule has 0 aliphatic heterocycles. The van der Waals surface area contributed by atoms with E-state index in [1.165, 1.54) is 0 Å². The predicted molar refractivity (Wildman–Crippen MR) is 75.4 cm³/mol. The van der Waals surface area contributed by atoms with Crippen LogP contribution in [0.5, 0.6) is 0 Å². The molecule has 1 heterocycles. The van der Waals surface area contributed by atoms with Crippen LogP contribution in [0.25, 0.3) is 0 Å². The van der Waals surface area contributed by atoms with Gasteiger partial charge in [0, 0.05) is 25.4 Å². The standard InChI is InChI=1S/C12H16N4O2S/c1-16-9-10(8-14-16)7-13-11-5-3-4-6-12(11)15-19(2,17)18/h3-6,8-9,13,15H,7H2,1-2H3. The summed E-state index contributed by atoms with van der Waals surface area (Å²) in [6.45, 7) is 0.580. The fourth-order valence-corrected chi connectivity index (χ4v) is 2.26. The highest BCUT2D eigenvalue weighted by Crippen LogP contribution is 2.22. The van der Waals surface area contributed by atoms with Crippen molar-refractivity contribution in [2.24, 2.45) is 7.05 Å². The summed E-state index contributed by atoms with van der Waals surface area (Å²) in [5.41, 5.74) is 2.29. The Kier molecular flexibility index (Phi) is 3.75. The lowest BCUT2D eigenvalue weighted by molar-refractivity contribution is 0.607. The van der Waals surface area contributed by atoms with Crippen molar-refractivity contribution in [2.75, 3.05) is 16.3 Å². The van der Waals surface area contributed by atoms with E-state index in [0.29, 0.717) is 12.2 Å². The van der Waals surface area contributed by atoms with Crippen LogP contribution in [-0.4, -0.2) is 24.5 Å². The number of aryl methyl sites for hydroxylation is 1. The largest absolute Gasteiger partial charge is 0.379 e. The van der Waals surface area contributed by atoms with Gasteiger partial charge in [-0.1, -0.05) is 12.1 Å². The van der Waals surface area contributed by atoms with Gasteiger partial charge >= 0.3 is 0 Å². The Morgan fingerprint density at radius 2 is 1.95 bits per heavy atom. The Morgan fingerprint density at radius 3 is 2.53 bits per heavy atom. The highest BCUT2D eigenvalue weighted by atomic mass is 32.2. The maximum absolute atomic E-state index is 11.3. The van der Waals surface area contributed by atoms with Crippen LogP contribution in [0.3, 0.4) is 0 Å². The van der Waals surface area contributed by atoms with Crippen LogP contribution < -0.4 is 10.0 Å². The summed E-state index contributed by atoms with van der Waals surface area (Å²) in [6.07, 6.45) is 4.80. The number of hydrogen-bond donors (Lipinski definition) is 2. The van der Waals surface area contributed by atoms with Crippen LogP contribution in [-0.2, 0) is 23.6 Å². The second-order valence-corrected chi connectivity index (χ2v) is 6.04. The van der Waals surface area contributed by atoms with Gasteiger partial charge in [0.25, 0.3) is 0 Å². The highest BCUT2D eigenvalue weighted by Gasteiger charge is 2.06. The molecule has 2 rings (SSSR count). The third kappa shape index (κ3) is 3.99. The number of hydrogen-bond acceptors (Lipinski definition) is 4. The molecule has 0 spiro atoms. The number of benzene rings is 1. The predicted octanol–water partition coefficient (Wildman–Crippen LogP) is 1.40. The van der Waals surface area contributed by atoms with Crippen molar-refractivity contribution in [1.82, 2.24) is 9.78 Å². The molecule has 7 heteroatoms. The van der Waals surface area contributed by atoms with E-state index in [2.05, 4.69) is 15.1 Å². The Hall–Kier alpha value is -2.02. The van der Waals surface area contributed by atoms with Gasteiger partial charge in [-0.05, 0) is 12.1 Å². The van der Waals surface area contributed by atoms with Crippen LogP contribution >= 0.6 is 0 Å². The number of nitrogens with one attached hydrogen (secondary N) is 2. The summed E-state index contributed by atoms with van der Waals surface area (Å²) in [7, 11) is -1.44. The maximum atomic E-state index is 11.3. The van der Waals surface area contributed by atoms with Crippen LogP contribution in [0.4, 0.5) is 11.4 Å². The van der Waals surface area contributed by atoms with Gasteiger partial charge in [-0.15, -0.1) is 0 Å². The zero-order valence-electron chi connectivity index (χ0n) is 10.8. The Morgan fingerprint density at radius 1 is 1.26 bits per heavy atom. The average molecular weight is 280 g/mol. The fourth-order valence-electron chi connectivity index (χ4n) is 1.69.